The average Bonchev–Trinajstić information content (AvgIpc) is 3.47. The molecule has 5 rings (SSSR count). The minimum absolute atomic E-state index is 0.161. The normalized spacial score (nSPS) is 25.3. The molecule has 39 heavy (non-hydrogen) atoms. The lowest BCUT2D eigenvalue weighted by Gasteiger charge is -2.43. The van der Waals surface area contributed by atoms with Gasteiger partial charge in [0, 0.05) is 0 Å². The standard InChI is InChI=1S/C28H33B2NO8/c1-3-17-12-22-26(28(34)31(27(22)33)19-6-4-5-18(13-19)30(36)37)23-14-29(35)39-24(25(17)23)10-7-16(2)11-20-8-9-21(15-32)38-20/h4-6,8-9,11,13,22-24,26,32,35-37H,3,7,10,12,14-15H2,1-2H3/b16-11+/t22-,23+,24-,26-/m1/s1. The molecule has 1 aromatic carbocycles. The smallest absolute Gasteiger partial charge is 0.459 e. The highest BCUT2D eigenvalue weighted by molar-refractivity contribution is 6.58. The molecule has 3 heterocycles. The lowest BCUT2D eigenvalue weighted by Crippen LogP contribution is -2.46. The van der Waals surface area contributed by atoms with Crippen LogP contribution in [0.1, 0.15) is 51.1 Å². The Kier molecular flexibility index (Phi) is 7.98. The van der Waals surface area contributed by atoms with E-state index in [1.807, 2.05) is 19.9 Å². The predicted molar refractivity (Wildman–Crippen MR) is 146 cm³/mol. The quantitative estimate of drug-likeness (QED) is 0.230. The van der Waals surface area contributed by atoms with Crippen LogP contribution in [0.15, 0.2) is 57.5 Å². The van der Waals surface area contributed by atoms with Gasteiger partial charge in [-0.15, -0.1) is 0 Å². The number of aliphatic hydroxyl groups is 1. The third-order valence-electron chi connectivity index (χ3n) is 8.19. The number of benzene rings is 1. The van der Waals surface area contributed by atoms with Gasteiger partial charge < -0.3 is 29.3 Å². The summed E-state index contributed by atoms with van der Waals surface area (Å²) < 4.78 is 11.6. The van der Waals surface area contributed by atoms with Crippen LogP contribution in [0.5, 0.6) is 0 Å². The number of furan rings is 1. The van der Waals surface area contributed by atoms with E-state index in [0.29, 0.717) is 42.9 Å². The van der Waals surface area contributed by atoms with Crippen molar-refractivity contribution in [2.75, 3.05) is 4.90 Å². The topological polar surface area (TPSA) is 141 Å². The van der Waals surface area contributed by atoms with Crippen LogP contribution in [0.3, 0.4) is 0 Å². The summed E-state index contributed by atoms with van der Waals surface area (Å²) >= 11 is 0. The number of amides is 2. The molecule has 1 aliphatic carbocycles. The Labute approximate surface area is 228 Å². The highest BCUT2D eigenvalue weighted by atomic mass is 16.5. The third kappa shape index (κ3) is 5.29. The fourth-order valence-corrected chi connectivity index (χ4v) is 6.41. The van der Waals surface area contributed by atoms with Gasteiger partial charge in [-0.2, -0.15) is 0 Å². The van der Waals surface area contributed by atoms with Gasteiger partial charge in [0.1, 0.15) is 18.1 Å². The van der Waals surface area contributed by atoms with Crippen LogP contribution < -0.4 is 10.4 Å². The number of hydrogen-bond donors (Lipinski definition) is 4. The Morgan fingerprint density at radius 3 is 2.67 bits per heavy atom. The van der Waals surface area contributed by atoms with Crippen LogP contribution >= 0.6 is 0 Å². The Bertz CT molecular complexity index is 1320. The molecule has 4 atom stereocenters. The molecule has 2 aliphatic heterocycles. The summed E-state index contributed by atoms with van der Waals surface area (Å²) in [6, 6.07) is 9.71. The van der Waals surface area contributed by atoms with Crippen LogP contribution in [0.4, 0.5) is 5.69 Å². The monoisotopic (exact) mass is 533 g/mol. The van der Waals surface area contributed by atoms with Crippen molar-refractivity contribution in [1.29, 1.82) is 0 Å². The van der Waals surface area contributed by atoms with Crippen LogP contribution in [-0.2, 0) is 20.9 Å². The molecule has 0 unspecified atom stereocenters. The molecule has 2 fully saturated rings. The number of fused-ring (bicyclic) bond motifs is 3. The number of carbonyl (C=O) groups is 2. The number of hydrogen-bond acceptors (Lipinski definition) is 8. The van der Waals surface area contributed by atoms with Gasteiger partial charge in [-0.3, -0.25) is 14.5 Å². The summed E-state index contributed by atoms with van der Waals surface area (Å²) in [5.41, 5.74) is 3.69. The second-order valence-electron chi connectivity index (χ2n) is 10.6. The molecule has 11 heteroatoms. The summed E-state index contributed by atoms with van der Waals surface area (Å²) in [4.78, 5) is 28.5. The maximum atomic E-state index is 13.8. The molecule has 0 bridgehead atoms. The van der Waals surface area contributed by atoms with Crippen LogP contribution in [0.2, 0.25) is 6.32 Å². The van der Waals surface area contributed by atoms with Crippen LogP contribution in [0, 0.1) is 17.8 Å². The second-order valence-corrected chi connectivity index (χ2v) is 10.6. The van der Waals surface area contributed by atoms with Crippen molar-refractivity contribution < 1.29 is 38.8 Å². The Balaban J connectivity index is 1.40. The van der Waals surface area contributed by atoms with Crippen molar-refractivity contribution in [3.05, 3.63) is 64.6 Å². The van der Waals surface area contributed by atoms with Gasteiger partial charge in [-0.25, -0.2) is 0 Å². The van der Waals surface area contributed by atoms with E-state index in [9.17, 15) is 29.8 Å². The molecule has 3 aliphatic rings. The Hall–Kier alpha value is -2.95. The van der Waals surface area contributed by atoms with Crippen molar-refractivity contribution in [2.24, 2.45) is 17.8 Å². The lowest BCUT2D eigenvalue weighted by atomic mass is 9.58. The van der Waals surface area contributed by atoms with Crippen LogP contribution in [-0.4, -0.2) is 52.3 Å². The summed E-state index contributed by atoms with van der Waals surface area (Å²) in [5.74, 6) is -0.929. The van der Waals surface area contributed by atoms with Gasteiger partial charge in [0.15, 0.2) is 0 Å². The van der Waals surface area contributed by atoms with Crippen molar-refractivity contribution in [1.82, 2.24) is 0 Å². The number of aliphatic hydroxyl groups excluding tert-OH is 1. The molecule has 1 aromatic heterocycles. The highest BCUT2D eigenvalue weighted by Crippen LogP contribution is 2.51. The van der Waals surface area contributed by atoms with Crippen molar-refractivity contribution >= 4 is 43.3 Å². The van der Waals surface area contributed by atoms with E-state index in [1.165, 1.54) is 17.0 Å². The number of allylic oxidation sites excluding steroid dienone is 2. The number of nitrogens with zero attached hydrogens (tertiary/aromatic N) is 1. The van der Waals surface area contributed by atoms with E-state index in [0.717, 1.165) is 16.7 Å². The van der Waals surface area contributed by atoms with E-state index < -0.39 is 26.1 Å². The summed E-state index contributed by atoms with van der Waals surface area (Å²) in [5, 5.41) is 39.1. The SMILES string of the molecule is CCC1=C2[C@@H](CC/C(C)=C/c3ccc(CO)o3)OB(O)C[C@@H]2[C@@H]2C(=O)N(c3cccc(B(O)O)c3)C(=O)[C@@H]2C1. The van der Waals surface area contributed by atoms with Gasteiger partial charge in [-0.1, -0.05) is 30.2 Å². The summed E-state index contributed by atoms with van der Waals surface area (Å²) in [6.45, 7) is 3.86. The molecule has 9 nitrogen and oxygen atoms in total. The van der Waals surface area contributed by atoms with E-state index in [1.54, 1.807) is 24.3 Å². The minimum Gasteiger partial charge on any atom is -0.459 e. The van der Waals surface area contributed by atoms with E-state index in [4.69, 9.17) is 9.07 Å². The maximum absolute atomic E-state index is 13.8. The van der Waals surface area contributed by atoms with Gasteiger partial charge in [0.2, 0.25) is 11.8 Å². The fourth-order valence-electron chi connectivity index (χ4n) is 6.41. The molecule has 2 aromatic rings. The first-order valence-electron chi connectivity index (χ1n) is 13.5. The number of imide groups is 1. The molecule has 0 saturated carbocycles. The van der Waals surface area contributed by atoms with Gasteiger partial charge in [0.25, 0.3) is 0 Å². The van der Waals surface area contributed by atoms with Gasteiger partial charge in [-0.05, 0) is 86.2 Å². The molecule has 204 valence electrons. The highest BCUT2D eigenvalue weighted by Gasteiger charge is 2.57. The van der Waals surface area contributed by atoms with Crippen molar-refractivity contribution in [2.45, 2.75) is 58.6 Å². The molecule has 4 N–H and O–H groups in total. The number of carbonyl (C=O) groups excluding carboxylic acids is 2. The zero-order chi connectivity index (χ0) is 27.8. The lowest BCUT2D eigenvalue weighted by molar-refractivity contribution is -0.122. The van der Waals surface area contributed by atoms with Gasteiger partial charge in [0.05, 0.1) is 23.6 Å². The minimum atomic E-state index is -1.71. The fraction of sp³-hybridized carbons (Fsp3) is 0.429. The predicted octanol–water partition coefficient (Wildman–Crippen LogP) is 2.05. The molecule has 2 saturated heterocycles. The zero-order valence-electron chi connectivity index (χ0n) is 22.1. The number of anilines is 1. The van der Waals surface area contributed by atoms with Crippen molar-refractivity contribution in [3.8, 4) is 0 Å². The molecule has 2 amide bonds. The first-order chi connectivity index (χ1) is 18.7. The number of rotatable bonds is 8. The first-order valence-corrected chi connectivity index (χ1v) is 13.5. The molecular formula is C28H33B2NO8. The Morgan fingerprint density at radius 2 is 1.97 bits per heavy atom. The van der Waals surface area contributed by atoms with E-state index in [2.05, 4.69) is 0 Å². The van der Waals surface area contributed by atoms with Crippen molar-refractivity contribution in [3.63, 3.8) is 0 Å². The first kappa shape index (κ1) is 27.6. The van der Waals surface area contributed by atoms with Crippen LogP contribution in [0.25, 0.3) is 6.08 Å². The average molecular weight is 533 g/mol. The molecule has 0 radical (unpaired) electrons. The Morgan fingerprint density at radius 1 is 1.18 bits per heavy atom. The van der Waals surface area contributed by atoms with Gasteiger partial charge >= 0.3 is 14.2 Å². The summed E-state index contributed by atoms with van der Waals surface area (Å²) in [6.07, 6.45) is 4.21. The van der Waals surface area contributed by atoms with E-state index in [-0.39, 0.29) is 42.2 Å². The largest absolute Gasteiger partial charge is 0.488 e. The molecular weight excluding hydrogens is 500 g/mol. The summed E-state index contributed by atoms with van der Waals surface area (Å²) in [7, 11) is -2.76. The van der Waals surface area contributed by atoms with E-state index >= 15 is 0 Å². The zero-order valence-corrected chi connectivity index (χ0v) is 22.1. The maximum Gasteiger partial charge on any atom is 0.488 e. The molecule has 0 spiro atoms. The second kappa shape index (κ2) is 11.3. The third-order valence-corrected chi connectivity index (χ3v) is 8.19.